The van der Waals surface area contributed by atoms with Crippen molar-refractivity contribution in [3.8, 4) is 5.75 Å². The molecule has 300 valence electrons. The van der Waals surface area contributed by atoms with Crippen LogP contribution in [0.4, 0.5) is 22.7 Å². The van der Waals surface area contributed by atoms with E-state index in [1.165, 1.54) is 31.4 Å². The predicted octanol–water partition coefficient (Wildman–Crippen LogP) is 5.97. The summed E-state index contributed by atoms with van der Waals surface area (Å²) in [7, 11) is -13.4. The summed E-state index contributed by atoms with van der Waals surface area (Å²) in [5, 5.41) is 11.9. The van der Waals surface area contributed by atoms with Gasteiger partial charge < -0.3 is 10.1 Å². The summed E-state index contributed by atoms with van der Waals surface area (Å²) in [6, 6.07) is 25.4. The van der Waals surface area contributed by atoms with Crippen molar-refractivity contribution in [2.45, 2.75) is 9.79 Å². The Bertz CT molecular complexity index is 3120. The number of nitrogens with zero attached hydrogens (tertiary/aromatic N) is 2. The minimum atomic E-state index is -5.04. The molecule has 6 N–H and O–H groups in total. The number of hydrazine groups is 1. The fraction of sp³-hybridized carbons (Fsp3) is 0.0256. The molecule has 0 saturated heterocycles. The number of Topliss-reactive ketones (excluding diaryl/α,β-unsaturated/α-hetero) is 1. The van der Waals surface area contributed by atoms with Gasteiger partial charge in [0, 0.05) is 16.9 Å². The maximum absolute atomic E-state index is 13.3. The zero-order valence-corrected chi connectivity index (χ0v) is 32.6. The maximum atomic E-state index is 13.3. The first kappa shape index (κ1) is 40.4. The molecule has 0 atom stereocenters. The Labute approximate surface area is 336 Å². The van der Waals surface area contributed by atoms with Crippen LogP contribution in [0.3, 0.4) is 0 Å². The topological polar surface area (TPSA) is 267 Å². The second kappa shape index (κ2) is 15.5. The molecule has 17 nitrogen and oxygen atoms in total. The molecule has 7 rings (SSSR count). The first-order valence-electron chi connectivity index (χ1n) is 16.9. The van der Waals surface area contributed by atoms with Gasteiger partial charge in [-0.15, -0.1) is 10.2 Å². The lowest BCUT2D eigenvalue weighted by molar-refractivity contribution is -0.108. The third-order valence-corrected chi connectivity index (χ3v) is 11.6. The third kappa shape index (κ3) is 8.57. The maximum Gasteiger partial charge on any atom is 0.296 e. The van der Waals surface area contributed by atoms with Gasteiger partial charge in [0.05, 0.1) is 24.0 Å². The molecule has 0 heterocycles. The van der Waals surface area contributed by atoms with Gasteiger partial charge in [-0.3, -0.25) is 34.1 Å². The molecule has 2 aliphatic rings. The van der Waals surface area contributed by atoms with Crippen LogP contribution in [-0.4, -0.2) is 69.0 Å². The molecule has 59 heavy (non-hydrogen) atoms. The summed E-state index contributed by atoms with van der Waals surface area (Å²) in [4.78, 5) is 24.2. The van der Waals surface area contributed by atoms with E-state index in [0.29, 0.717) is 39.4 Å². The number of nitrogens with one attached hydrogen (secondary N) is 3. The van der Waals surface area contributed by atoms with E-state index in [4.69, 9.17) is 4.74 Å². The Balaban J connectivity index is 1.11. The largest absolute Gasteiger partial charge is 0.494 e. The van der Waals surface area contributed by atoms with Crippen LogP contribution in [-0.2, 0) is 35.1 Å². The SMILES string of the molecule is COc1cc(C2=CC(=O)C(=NN=C3C=C(S(=O)(=O)O)c4cccc(S(=O)(=O)O)c4C3=O)C=C2)ccc1NNc1cc2ccc(Nc3ccccc3)cc2cc1S(=O)(=O)O. The number of rotatable bonds is 11. The molecular formula is C39H29N5O12S3. The Kier molecular flexibility index (Phi) is 10.6. The van der Waals surface area contributed by atoms with Crippen molar-refractivity contribution in [1.29, 1.82) is 0 Å². The van der Waals surface area contributed by atoms with E-state index in [0.717, 1.165) is 23.9 Å². The van der Waals surface area contributed by atoms with Gasteiger partial charge in [0.25, 0.3) is 30.4 Å². The van der Waals surface area contributed by atoms with Gasteiger partial charge >= 0.3 is 0 Å². The Morgan fingerprint density at radius 2 is 1.32 bits per heavy atom. The summed E-state index contributed by atoms with van der Waals surface area (Å²) >= 11 is 0. The van der Waals surface area contributed by atoms with Crippen LogP contribution in [0.15, 0.2) is 141 Å². The van der Waals surface area contributed by atoms with Crippen LogP contribution < -0.4 is 20.9 Å². The molecule has 0 unspecified atom stereocenters. The van der Waals surface area contributed by atoms with Crippen molar-refractivity contribution in [1.82, 2.24) is 0 Å². The van der Waals surface area contributed by atoms with Crippen molar-refractivity contribution in [2.75, 3.05) is 23.3 Å². The van der Waals surface area contributed by atoms with E-state index in [1.807, 2.05) is 36.4 Å². The van der Waals surface area contributed by atoms with Gasteiger partial charge in [-0.25, -0.2) is 0 Å². The van der Waals surface area contributed by atoms with E-state index >= 15 is 0 Å². The third-order valence-electron chi connectivity index (χ3n) is 8.95. The van der Waals surface area contributed by atoms with Gasteiger partial charge in [-0.2, -0.15) is 25.3 Å². The Morgan fingerprint density at radius 3 is 2.00 bits per heavy atom. The first-order chi connectivity index (χ1) is 27.9. The number of allylic oxidation sites excluding steroid dienone is 5. The van der Waals surface area contributed by atoms with E-state index in [1.54, 1.807) is 36.4 Å². The number of carbonyl (C=O) groups is 2. The lowest BCUT2D eigenvalue weighted by Crippen LogP contribution is -2.24. The number of carbonyl (C=O) groups excluding carboxylic acids is 2. The lowest BCUT2D eigenvalue weighted by Gasteiger charge is -2.18. The number of ketones is 2. The number of methoxy groups -OCH3 is 1. The number of ether oxygens (including phenoxy) is 1. The minimum absolute atomic E-state index is 0.0384. The predicted molar refractivity (Wildman–Crippen MR) is 221 cm³/mol. The minimum Gasteiger partial charge on any atom is -0.494 e. The molecule has 5 aromatic rings. The van der Waals surface area contributed by atoms with Crippen molar-refractivity contribution in [3.05, 3.63) is 138 Å². The van der Waals surface area contributed by atoms with E-state index in [9.17, 15) is 48.5 Å². The summed E-state index contributed by atoms with van der Waals surface area (Å²) in [6.45, 7) is 0. The number of fused-ring (bicyclic) bond motifs is 2. The van der Waals surface area contributed by atoms with Crippen molar-refractivity contribution >= 4 is 97.3 Å². The van der Waals surface area contributed by atoms with Crippen LogP contribution >= 0.6 is 0 Å². The van der Waals surface area contributed by atoms with Gasteiger partial charge in [0.1, 0.15) is 31.9 Å². The molecule has 0 saturated carbocycles. The van der Waals surface area contributed by atoms with Crippen LogP contribution in [0, 0.1) is 0 Å². The molecule has 20 heteroatoms. The van der Waals surface area contributed by atoms with Crippen LogP contribution in [0.25, 0.3) is 21.3 Å². The van der Waals surface area contributed by atoms with E-state index in [2.05, 4.69) is 26.4 Å². The van der Waals surface area contributed by atoms with Crippen LogP contribution in [0.1, 0.15) is 21.5 Å². The zero-order chi connectivity index (χ0) is 42.3. The summed E-state index contributed by atoms with van der Waals surface area (Å²) < 4.78 is 108. The number of anilines is 4. The van der Waals surface area contributed by atoms with Crippen molar-refractivity contribution in [3.63, 3.8) is 0 Å². The summed E-state index contributed by atoms with van der Waals surface area (Å²) in [5.74, 6) is -1.58. The highest BCUT2D eigenvalue weighted by atomic mass is 32.2. The highest BCUT2D eigenvalue weighted by molar-refractivity contribution is 7.95. The van der Waals surface area contributed by atoms with E-state index < -0.39 is 68.6 Å². The van der Waals surface area contributed by atoms with Gasteiger partial charge in [-0.05, 0) is 94.7 Å². The zero-order valence-electron chi connectivity index (χ0n) is 30.2. The molecule has 0 amide bonds. The fourth-order valence-electron chi connectivity index (χ4n) is 6.22. The molecule has 0 spiro atoms. The van der Waals surface area contributed by atoms with Gasteiger partial charge in [-0.1, -0.05) is 48.5 Å². The Hall–Kier alpha value is -6.81. The average Bonchev–Trinajstić information content (AvgIpc) is 3.18. The summed E-state index contributed by atoms with van der Waals surface area (Å²) in [6.07, 6.45) is 4.61. The van der Waals surface area contributed by atoms with Crippen LogP contribution in [0.2, 0.25) is 0 Å². The number of para-hydroxylation sites is 1. The fourth-order valence-corrected chi connectivity index (χ4v) is 8.30. The van der Waals surface area contributed by atoms with Crippen LogP contribution in [0.5, 0.6) is 5.75 Å². The highest BCUT2D eigenvalue weighted by Crippen LogP contribution is 2.35. The normalized spacial score (nSPS) is 15.8. The molecule has 0 aromatic heterocycles. The van der Waals surface area contributed by atoms with Gasteiger partial charge in [0.2, 0.25) is 11.6 Å². The number of hydrogen-bond donors (Lipinski definition) is 6. The molecule has 0 bridgehead atoms. The first-order valence-corrected chi connectivity index (χ1v) is 21.2. The molecule has 0 aliphatic heterocycles. The van der Waals surface area contributed by atoms with Crippen molar-refractivity contribution < 1.29 is 53.2 Å². The second-order valence-electron chi connectivity index (χ2n) is 12.8. The average molecular weight is 856 g/mol. The molecular weight excluding hydrogens is 827 g/mol. The van der Waals surface area contributed by atoms with Crippen molar-refractivity contribution in [2.24, 2.45) is 10.2 Å². The molecule has 0 radical (unpaired) electrons. The standard InChI is InChI=1S/C39H29N5O12S3/c1-56-34-19-24(12-15-30(34)42-43-31-17-22-10-13-27(40-26-6-3-2-4-7-26)16-25(22)20-37(31)59(53,54)55)23-11-14-29(33(45)18-23)41-44-32-21-36(58(50,51)52)28-8-5-9-35(57(47,48)49)38(28)39(32)46/h2-21,40,42-43H,1H3,(H,47,48,49)(H,50,51,52)(H,53,54,55). The molecule has 2 aliphatic carbocycles. The number of hydrogen-bond acceptors (Lipinski definition) is 14. The van der Waals surface area contributed by atoms with E-state index in [-0.39, 0.29) is 22.0 Å². The smallest absolute Gasteiger partial charge is 0.296 e. The lowest BCUT2D eigenvalue weighted by atomic mass is 9.94. The molecule has 0 fully saturated rings. The molecule has 5 aromatic carbocycles. The highest BCUT2D eigenvalue weighted by Gasteiger charge is 2.35. The number of benzene rings is 5. The second-order valence-corrected chi connectivity index (χ2v) is 16.9. The van der Waals surface area contributed by atoms with Gasteiger partial charge in [0.15, 0.2) is 0 Å². The Morgan fingerprint density at radius 1 is 0.610 bits per heavy atom. The quantitative estimate of drug-likeness (QED) is 0.0508. The summed E-state index contributed by atoms with van der Waals surface area (Å²) in [5.41, 5.74) is 6.22. The monoisotopic (exact) mass is 855 g/mol.